The lowest BCUT2D eigenvalue weighted by Crippen LogP contribution is -2.45. The van der Waals surface area contributed by atoms with Crippen LogP contribution in [0.4, 0.5) is 5.69 Å². The van der Waals surface area contributed by atoms with E-state index in [1.807, 2.05) is 30.3 Å². The van der Waals surface area contributed by atoms with Crippen molar-refractivity contribution in [3.8, 4) is 0 Å². The smallest absolute Gasteiger partial charge is 0.249 e. The van der Waals surface area contributed by atoms with Crippen molar-refractivity contribution in [3.63, 3.8) is 0 Å². The minimum absolute atomic E-state index is 0.00112. The van der Waals surface area contributed by atoms with Crippen LogP contribution in [-0.2, 0) is 9.59 Å². The van der Waals surface area contributed by atoms with E-state index in [-0.39, 0.29) is 23.7 Å². The van der Waals surface area contributed by atoms with Crippen LogP contribution in [0.2, 0.25) is 0 Å². The van der Waals surface area contributed by atoms with Gasteiger partial charge in [0.2, 0.25) is 11.8 Å². The monoisotopic (exact) mass is 301 g/mol. The Bertz CT molecular complexity index is 546. The molecule has 0 spiro atoms. The molecule has 3 atom stereocenters. The second-order valence-corrected chi connectivity index (χ2v) is 6.21. The molecule has 1 aromatic rings. The number of nitrogens with one attached hydrogen (secondary N) is 1. The number of benzene rings is 1. The van der Waals surface area contributed by atoms with Crippen LogP contribution < -0.4 is 16.0 Å². The van der Waals surface area contributed by atoms with Crippen LogP contribution in [0.25, 0.3) is 0 Å². The van der Waals surface area contributed by atoms with Crippen LogP contribution in [-0.4, -0.2) is 30.9 Å². The van der Waals surface area contributed by atoms with Crippen molar-refractivity contribution in [2.75, 3.05) is 18.0 Å². The molecular weight excluding hydrogens is 278 g/mol. The molecule has 1 aliphatic carbocycles. The molecule has 2 amide bonds. The Hall–Kier alpha value is -1.88. The number of carbonyl (C=O) groups is 2. The van der Waals surface area contributed by atoms with E-state index < -0.39 is 6.04 Å². The number of hydrogen-bond acceptors (Lipinski definition) is 3. The van der Waals surface area contributed by atoms with Gasteiger partial charge < -0.3 is 16.0 Å². The molecule has 0 aromatic heterocycles. The SMILES string of the molecule is NC[C@H]1CCC[C@H]1C(=O)NC1CCN(c2ccccc2)C1=O. The molecule has 0 bridgehead atoms. The maximum Gasteiger partial charge on any atom is 0.249 e. The molecule has 2 fully saturated rings. The normalized spacial score (nSPS) is 28.1. The van der Waals surface area contributed by atoms with Crippen LogP contribution in [0.1, 0.15) is 25.7 Å². The minimum Gasteiger partial charge on any atom is -0.344 e. The van der Waals surface area contributed by atoms with Gasteiger partial charge in [0, 0.05) is 18.2 Å². The Labute approximate surface area is 130 Å². The van der Waals surface area contributed by atoms with Gasteiger partial charge in [0.05, 0.1) is 0 Å². The van der Waals surface area contributed by atoms with Crippen LogP contribution >= 0.6 is 0 Å². The first kappa shape index (κ1) is 15.0. The predicted molar refractivity (Wildman–Crippen MR) is 85.2 cm³/mol. The first-order valence-electron chi connectivity index (χ1n) is 8.07. The van der Waals surface area contributed by atoms with Gasteiger partial charge >= 0.3 is 0 Å². The van der Waals surface area contributed by atoms with Crippen LogP contribution in [0.3, 0.4) is 0 Å². The van der Waals surface area contributed by atoms with E-state index in [2.05, 4.69) is 5.32 Å². The third-order valence-corrected chi connectivity index (χ3v) is 4.89. The molecule has 5 heteroatoms. The van der Waals surface area contributed by atoms with Crippen molar-refractivity contribution in [2.24, 2.45) is 17.6 Å². The van der Waals surface area contributed by atoms with E-state index >= 15 is 0 Å². The van der Waals surface area contributed by atoms with Crippen molar-refractivity contribution >= 4 is 17.5 Å². The number of nitrogens with two attached hydrogens (primary N) is 1. The van der Waals surface area contributed by atoms with E-state index in [1.54, 1.807) is 4.90 Å². The van der Waals surface area contributed by atoms with Gasteiger partial charge in [0.15, 0.2) is 0 Å². The molecule has 118 valence electrons. The first-order chi connectivity index (χ1) is 10.7. The van der Waals surface area contributed by atoms with E-state index in [9.17, 15) is 9.59 Å². The second kappa shape index (κ2) is 6.48. The zero-order valence-electron chi connectivity index (χ0n) is 12.7. The summed E-state index contributed by atoms with van der Waals surface area (Å²) in [5, 5.41) is 2.95. The molecule has 22 heavy (non-hydrogen) atoms. The van der Waals surface area contributed by atoms with Gasteiger partial charge in [0.25, 0.3) is 0 Å². The van der Waals surface area contributed by atoms with Crippen molar-refractivity contribution < 1.29 is 9.59 Å². The maximum absolute atomic E-state index is 12.5. The lowest BCUT2D eigenvalue weighted by atomic mass is 9.95. The molecule has 1 heterocycles. The summed E-state index contributed by atoms with van der Waals surface area (Å²) < 4.78 is 0. The molecule has 1 saturated carbocycles. The number of hydrogen-bond donors (Lipinski definition) is 2. The van der Waals surface area contributed by atoms with Gasteiger partial charge in [0.1, 0.15) is 6.04 Å². The number of amides is 2. The zero-order chi connectivity index (χ0) is 15.5. The van der Waals surface area contributed by atoms with E-state index in [1.165, 1.54) is 0 Å². The summed E-state index contributed by atoms with van der Waals surface area (Å²) in [6, 6.07) is 9.20. The summed E-state index contributed by atoms with van der Waals surface area (Å²) >= 11 is 0. The van der Waals surface area contributed by atoms with E-state index in [0.29, 0.717) is 19.5 Å². The summed E-state index contributed by atoms with van der Waals surface area (Å²) in [7, 11) is 0. The van der Waals surface area contributed by atoms with Crippen LogP contribution in [0.5, 0.6) is 0 Å². The van der Waals surface area contributed by atoms with Gasteiger partial charge in [-0.15, -0.1) is 0 Å². The lowest BCUT2D eigenvalue weighted by molar-refractivity contribution is -0.129. The van der Waals surface area contributed by atoms with Crippen LogP contribution in [0.15, 0.2) is 30.3 Å². The molecule has 1 aliphatic heterocycles. The molecule has 2 aliphatic rings. The molecule has 5 nitrogen and oxygen atoms in total. The topological polar surface area (TPSA) is 75.4 Å². The summed E-state index contributed by atoms with van der Waals surface area (Å²) in [6.45, 7) is 1.20. The first-order valence-corrected chi connectivity index (χ1v) is 8.07. The fourth-order valence-corrected chi connectivity index (χ4v) is 3.62. The van der Waals surface area contributed by atoms with Crippen molar-refractivity contribution in [1.29, 1.82) is 0 Å². The molecule has 1 aromatic carbocycles. The summed E-state index contributed by atoms with van der Waals surface area (Å²) in [6.07, 6.45) is 3.62. The van der Waals surface area contributed by atoms with Crippen molar-refractivity contribution in [2.45, 2.75) is 31.7 Å². The van der Waals surface area contributed by atoms with Crippen molar-refractivity contribution in [3.05, 3.63) is 30.3 Å². The van der Waals surface area contributed by atoms with Gasteiger partial charge in [-0.25, -0.2) is 0 Å². The maximum atomic E-state index is 12.5. The average Bonchev–Trinajstić information content (AvgIpc) is 3.15. The molecule has 1 unspecified atom stereocenters. The Morgan fingerprint density at radius 1 is 1.23 bits per heavy atom. The Morgan fingerprint density at radius 2 is 2.00 bits per heavy atom. The molecule has 0 radical (unpaired) electrons. The number of anilines is 1. The third kappa shape index (κ3) is 2.86. The Kier molecular flexibility index (Phi) is 4.43. The van der Waals surface area contributed by atoms with Gasteiger partial charge in [-0.3, -0.25) is 9.59 Å². The number of carbonyl (C=O) groups excluding carboxylic acids is 2. The highest BCUT2D eigenvalue weighted by Gasteiger charge is 2.37. The van der Waals surface area contributed by atoms with Gasteiger partial charge in [-0.2, -0.15) is 0 Å². The second-order valence-electron chi connectivity index (χ2n) is 6.21. The fourth-order valence-electron chi connectivity index (χ4n) is 3.62. The quantitative estimate of drug-likeness (QED) is 0.880. The van der Waals surface area contributed by atoms with Gasteiger partial charge in [-0.05, 0) is 43.9 Å². The third-order valence-electron chi connectivity index (χ3n) is 4.89. The van der Waals surface area contributed by atoms with Gasteiger partial charge in [-0.1, -0.05) is 24.6 Å². The number of nitrogens with zero attached hydrogens (tertiary/aromatic N) is 1. The Morgan fingerprint density at radius 3 is 2.73 bits per heavy atom. The molecular formula is C17H23N3O2. The number of rotatable bonds is 4. The standard InChI is InChI=1S/C17H23N3O2/c18-11-12-5-4-8-14(12)16(21)19-15-9-10-20(17(15)22)13-6-2-1-3-7-13/h1-3,6-7,12,14-15H,4-5,8-11,18H2,(H,19,21)/t12-,14-,15?/m1/s1. The van der Waals surface area contributed by atoms with Crippen LogP contribution in [0, 0.1) is 11.8 Å². The van der Waals surface area contributed by atoms with E-state index in [0.717, 1.165) is 24.9 Å². The average molecular weight is 301 g/mol. The summed E-state index contributed by atoms with van der Waals surface area (Å²) in [5.41, 5.74) is 6.63. The highest BCUT2D eigenvalue weighted by molar-refractivity contribution is 6.01. The molecule has 3 N–H and O–H groups in total. The lowest BCUT2D eigenvalue weighted by Gasteiger charge is -2.21. The highest BCUT2D eigenvalue weighted by atomic mass is 16.2. The molecule has 1 saturated heterocycles. The number of para-hydroxylation sites is 1. The summed E-state index contributed by atoms with van der Waals surface area (Å²) in [4.78, 5) is 26.7. The van der Waals surface area contributed by atoms with Crippen molar-refractivity contribution in [1.82, 2.24) is 5.32 Å². The molecule has 3 rings (SSSR count). The predicted octanol–water partition coefficient (Wildman–Crippen LogP) is 1.28. The largest absolute Gasteiger partial charge is 0.344 e. The highest BCUT2D eigenvalue weighted by Crippen LogP contribution is 2.31. The van der Waals surface area contributed by atoms with E-state index in [4.69, 9.17) is 5.73 Å². The Balaban J connectivity index is 1.62. The fraction of sp³-hybridized carbons (Fsp3) is 0.529. The minimum atomic E-state index is -0.397. The zero-order valence-corrected chi connectivity index (χ0v) is 12.7. The summed E-state index contributed by atoms with van der Waals surface area (Å²) in [5.74, 6) is 0.230.